The Morgan fingerprint density at radius 2 is 2.00 bits per heavy atom. The first-order chi connectivity index (χ1) is 9.25. The summed E-state index contributed by atoms with van der Waals surface area (Å²) >= 11 is 0. The maximum absolute atomic E-state index is 7.45. The van der Waals surface area contributed by atoms with Crippen LogP contribution in [-0.4, -0.2) is 17.4 Å². The van der Waals surface area contributed by atoms with Crippen LogP contribution in [0.15, 0.2) is 18.3 Å². The third-order valence-electron chi connectivity index (χ3n) is 3.05. The van der Waals surface area contributed by atoms with Gasteiger partial charge in [-0.2, -0.15) is 0 Å². The van der Waals surface area contributed by atoms with Crippen molar-refractivity contribution in [1.29, 1.82) is 5.41 Å². The third kappa shape index (κ3) is 6.34. The summed E-state index contributed by atoms with van der Waals surface area (Å²) in [5.41, 5.74) is 6.90. The zero-order chi connectivity index (χ0) is 13.9. The number of ether oxygens (including phenoxy) is 1. The Bertz CT molecular complexity index is 379. The van der Waals surface area contributed by atoms with Crippen LogP contribution in [0, 0.1) is 5.41 Å². The van der Waals surface area contributed by atoms with Gasteiger partial charge in [-0.25, -0.2) is 0 Å². The minimum absolute atomic E-state index is 0.00114. The highest BCUT2D eigenvalue weighted by molar-refractivity contribution is 5.94. The summed E-state index contributed by atoms with van der Waals surface area (Å²) in [7, 11) is 0. The molecule has 0 atom stereocenters. The van der Waals surface area contributed by atoms with Gasteiger partial charge in [0.2, 0.25) is 0 Å². The molecular formula is C15H25N3O. The van der Waals surface area contributed by atoms with Crippen molar-refractivity contribution in [3.63, 3.8) is 0 Å². The number of hydrogen-bond acceptors (Lipinski definition) is 3. The molecule has 4 nitrogen and oxygen atoms in total. The number of nitrogens with one attached hydrogen (secondary N) is 1. The van der Waals surface area contributed by atoms with Crippen molar-refractivity contribution in [1.82, 2.24) is 4.98 Å². The van der Waals surface area contributed by atoms with Crippen molar-refractivity contribution in [3.8, 4) is 0 Å². The molecule has 0 unspecified atom stereocenters. The summed E-state index contributed by atoms with van der Waals surface area (Å²) in [4.78, 5) is 4.10. The number of rotatable bonds is 10. The molecule has 1 rings (SSSR count). The SMILES string of the molecule is CCCCCCCCOCc1cccnc1C(=N)N. The molecule has 0 spiro atoms. The maximum Gasteiger partial charge on any atom is 0.142 e. The second kappa shape index (κ2) is 9.50. The molecule has 4 heteroatoms. The van der Waals surface area contributed by atoms with Crippen molar-refractivity contribution in [2.75, 3.05) is 6.61 Å². The lowest BCUT2D eigenvalue weighted by Gasteiger charge is -2.08. The molecule has 3 N–H and O–H groups in total. The van der Waals surface area contributed by atoms with Crippen LogP contribution in [0.1, 0.15) is 56.7 Å². The highest BCUT2D eigenvalue weighted by atomic mass is 16.5. The van der Waals surface area contributed by atoms with Gasteiger partial charge < -0.3 is 10.5 Å². The van der Waals surface area contributed by atoms with Crippen LogP contribution in [0.3, 0.4) is 0 Å². The average molecular weight is 263 g/mol. The quantitative estimate of drug-likeness (QED) is 0.386. The lowest BCUT2D eigenvalue weighted by atomic mass is 10.1. The molecule has 0 amide bonds. The number of nitrogen functional groups attached to an aromatic ring is 1. The highest BCUT2D eigenvalue weighted by Crippen LogP contribution is 2.08. The first kappa shape index (κ1) is 15.6. The second-order valence-corrected chi connectivity index (χ2v) is 4.75. The normalized spacial score (nSPS) is 10.6. The van der Waals surface area contributed by atoms with E-state index in [0.29, 0.717) is 12.3 Å². The van der Waals surface area contributed by atoms with E-state index in [-0.39, 0.29) is 5.84 Å². The van der Waals surface area contributed by atoms with E-state index in [1.807, 2.05) is 12.1 Å². The monoisotopic (exact) mass is 263 g/mol. The third-order valence-corrected chi connectivity index (χ3v) is 3.05. The van der Waals surface area contributed by atoms with Crippen LogP contribution >= 0.6 is 0 Å². The molecule has 0 bridgehead atoms. The molecule has 0 saturated carbocycles. The van der Waals surface area contributed by atoms with Crippen LogP contribution in [-0.2, 0) is 11.3 Å². The fraction of sp³-hybridized carbons (Fsp3) is 0.600. The summed E-state index contributed by atoms with van der Waals surface area (Å²) in [6.07, 6.45) is 9.21. The summed E-state index contributed by atoms with van der Waals surface area (Å²) in [5.74, 6) is -0.00114. The predicted octanol–water partition coefficient (Wildman–Crippen LogP) is 3.24. The summed E-state index contributed by atoms with van der Waals surface area (Å²) in [6.45, 7) is 3.47. The number of nitrogens with zero attached hydrogens (tertiary/aromatic N) is 1. The largest absolute Gasteiger partial charge is 0.382 e. The minimum atomic E-state index is -0.00114. The number of pyridine rings is 1. The lowest BCUT2D eigenvalue weighted by molar-refractivity contribution is 0.116. The van der Waals surface area contributed by atoms with Gasteiger partial charge in [0, 0.05) is 18.4 Å². The molecule has 0 saturated heterocycles. The summed E-state index contributed by atoms with van der Waals surface area (Å²) in [5, 5.41) is 7.45. The molecule has 19 heavy (non-hydrogen) atoms. The number of nitrogens with two attached hydrogens (primary N) is 1. The zero-order valence-corrected chi connectivity index (χ0v) is 11.8. The van der Waals surface area contributed by atoms with Crippen molar-refractivity contribution in [3.05, 3.63) is 29.6 Å². The van der Waals surface area contributed by atoms with E-state index < -0.39 is 0 Å². The Balaban J connectivity index is 2.17. The van der Waals surface area contributed by atoms with E-state index in [1.54, 1.807) is 6.20 Å². The van der Waals surface area contributed by atoms with E-state index in [2.05, 4.69) is 11.9 Å². The molecule has 0 aliphatic rings. The predicted molar refractivity (Wildman–Crippen MR) is 78.3 cm³/mol. The van der Waals surface area contributed by atoms with Crippen LogP contribution < -0.4 is 5.73 Å². The van der Waals surface area contributed by atoms with Gasteiger partial charge in [-0.05, 0) is 12.5 Å². The Morgan fingerprint density at radius 3 is 2.74 bits per heavy atom. The molecule has 0 radical (unpaired) electrons. The van der Waals surface area contributed by atoms with Gasteiger partial charge in [0.1, 0.15) is 11.5 Å². The lowest BCUT2D eigenvalue weighted by Crippen LogP contribution is -2.16. The van der Waals surface area contributed by atoms with Crippen LogP contribution in [0.25, 0.3) is 0 Å². The maximum atomic E-state index is 7.45. The van der Waals surface area contributed by atoms with Crippen LogP contribution in [0.5, 0.6) is 0 Å². The molecular weight excluding hydrogens is 238 g/mol. The Hall–Kier alpha value is -1.42. The molecule has 0 aliphatic heterocycles. The van der Waals surface area contributed by atoms with Crippen LogP contribution in [0.2, 0.25) is 0 Å². The van der Waals surface area contributed by atoms with Crippen molar-refractivity contribution >= 4 is 5.84 Å². The summed E-state index contributed by atoms with van der Waals surface area (Å²) < 4.78 is 5.62. The van der Waals surface area contributed by atoms with Gasteiger partial charge in [-0.3, -0.25) is 10.4 Å². The molecule has 106 valence electrons. The second-order valence-electron chi connectivity index (χ2n) is 4.75. The van der Waals surface area contributed by atoms with Crippen molar-refractivity contribution in [2.24, 2.45) is 5.73 Å². The molecule has 0 aromatic carbocycles. The van der Waals surface area contributed by atoms with Gasteiger partial charge in [-0.15, -0.1) is 0 Å². The Kier molecular flexibility index (Phi) is 7.82. The van der Waals surface area contributed by atoms with Gasteiger partial charge in [0.15, 0.2) is 0 Å². The van der Waals surface area contributed by atoms with Gasteiger partial charge in [-0.1, -0.05) is 45.1 Å². The number of amidine groups is 1. The Labute approximate surface area is 115 Å². The fourth-order valence-corrected chi connectivity index (χ4v) is 1.96. The highest BCUT2D eigenvalue weighted by Gasteiger charge is 2.05. The van der Waals surface area contributed by atoms with E-state index in [4.69, 9.17) is 15.9 Å². The molecule has 0 aliphatic carbocycles. The first-order valence-corrected chi connectivity index (χ1v) is 7.11. The van der Waals surface area contributed by atoms with Crippen LogP contribution in [0.4, 0.5) is 0 Å². The zero-order valence-electron chi connectivity index (χ0n) is 11.8. The first-order valence-electron chi connectivity index (χ1n) is 7.11. The minimum Gasteiger partial charge on any atom is -0.382 e. The molecule has 0 fully saturated rings. The average Bonchev–Trinajstić information content (AvgIpc) is 2.42. The molecule has 1 aromatic heterocycles. The number of aromatic nitrogens is 1. The van der Waals surface area contributed by atoms with Gasteiger partial charge in [0.25, 0.3) is 0 Å². The number of hydrogen-bond donors (Lipinski definition) is 2. The van der Waals surface area contributed by atoms with E-state index >= 15 is 0 Å². The van der Waals surface area contributed by atoms with Crippen molar-refractivity contribution in [2.45, 2.75) is 52.1 Å². The van der Waals surface area contributed by atoms with E-state index in [1.165, 1.54) is 32.1 Å². The molecule has 1 aromatic rings. The standard InChI is InChI=1S/C15H25N3O/c1-2-3-4-5-6-7-11-19-12-13-9-8-10-18-14(13)15(16)17/h8-10H,2-7,11-12H2,1H3,(H3,16,17). The van der Waals surface area contributed by atoms with E-state index in [0.717, 1.165) is 18.6 Å². The Morgan fingerprint density at radius 1 is 1.26 bits per heavy atom. The smallest absolute Gasteiger partial charge is 0.142 e. The van der Waals surface area contributed by atoms with Gasteiger partial charge in [0.05, 0.1) is 6.61 Å². The molecule has 1 heterocycles. The van der Waals surface area contributed by atoms with E-state index in [9.17, 15) is 0 Å². The van der Waals surface area contributed by atoms with Gasteiger partial charge >= 0.3 is 0 Å². The van der Waals surface area contributed by atoms with Crippen molar-refractivity contribution < 1.29 is 4.74 Å². The summed E-state index contributed by atoms with van der Waals surface area (Å²) in [6, 6.07) is 3.75. The topological polar surface area (TPSA) is 72.0 Å². The number of unbranched alkanes of at least 4 members (excludes halogenated alkanes) is 5. The fourth-order valence-electron chi connectivity index (χ4n) is 1.96.